The van der Waals surface area contributed by atoms with E-state index in [1.807, 2.05) is 0 Å². The molecule has 0 aromatic rings. The van der Waals surface area contributed by atoms with Gasteiger partial charge in [0.1, 0.15) is 0 Å². The SMILES string of the molecule is CN1CCC(NCC2(C3CC3)CCC2)CC1. The maximum Gasteiger partial charge on any atom is 0.00916 e. The van der Waals surface area contributed by atoms with E-state index in [0.29, 0.717) is 0 Å². The van der Waals surface area contributed by atoms with Gasteiger partial charge in [0.05, 0.1) is 0 Å². The zero-order valence-corrected chi connectivity index (χ0v) is 10.7. The van der Waals surface area contributed by atoms with Gasteiger partial charge in [0, 0.05) is 12.6 Å². The molecular formula is C14H26N2. The quantitative estimate of drug-likeness (QED) is 0.785. The second kappa shape index (κ2) is 4.30. The van der Waals surface area contributed by atoms with Gasteiger partial charge in [-0.2, -0.15) is 0 Å². The molecule has 0 aromatic carbocycles. The third-order valence-electron chi connectivity index (χ3n) is 5.25. The average molecular weight is 222 g/mol. The van der Waals surface area contributed by atoms with Crippen molar-refractivity contribution in [1.29, 1.82) is 0 Å². The first-order chi connectivity index (χ1) is 7.78. The third-order valence-corrected chi connectivity index (χ3v) is 5.25. The van der Waals surface area contributed by atoms with Crippen LogP contribution in [0.15, 0.2) is 0 Å². The summed E-state index contributed by atoms with van der Waals surface area (Å²) in [4.78, 5) is 2.46. The fraction of sp³-hybridized carbons (Fsp3) is 1.00. The summed E-state index contributed by atoms with van der Waals surface area (Å²) >= 11 is 0. The second-order valence-electron chi connectivity index (χ2n) is 6.45. The molecule has 2 nitrogen and oxygen atoms in total. The lowest BCUT2D eigenvalue weighted by Crippen LogP contribution is -2.48. The van der Waals surface area contributed by atoms with Crippen molar-refractivity contribution in [2.24, 2.45) is 11.3 Å². The Kier molecular flexibility index (Phi) is 2.97. The van der Waals surface area contributed by atoms with E-state index in [4.69, 9.17) is 0 Å². The lowest BCUT2D eigenvalue weighted by molar-refractivity contribution is 0.0889. The highest BCUT2D eigenvalue weighted by Gasteiger charge is 2.48. The molecule has 0 aromatic heterocycles. The maximum atomic E-state index is 3.88. The molecule has 3 fully saturated rings. The maximum absolute atomic E-state index is 3.88. The van der Waals surface area contributed by atoms with E-state index in [-0.39, 0.29) is 0 Å². The molecule has 1 N–H and O–H groups in total. The molecule has 2 aliphatic carbocycles. The van der Waals surface area contributed by atoms with Crippen LogP contribution in [0.1, 0.15) is 44.9 Å². The van der Waals surface area contributed by atoms with Crippen molar-refractivity contribution in [3.63, 3.8) is 0 Å². The lowest BCUT2D eigenvalue weighted by Gasteiger charge is -2.44. The molecular weight excluding hydrogens is 196 g/mol. The first-order valence-corrected chi connectivity index (χ1v) is 7.20. The van der Waals surface area contributed by atoms with Gasteiger partial charge in [-0.05, 0) is 70.0 Å². The Bertz CT molecular complexity index is 235. The largest absolute Gasteiger partial charge is 0.313 e. The summed E-state index contributed by atoms with van der Waals surface area (Å²) < 4.78 is 0. The van der Waals surface area contributed by atoms with Crippen LogP contribution in [-0.4, -0.2) is 37.6 Å². The fourth-order valence-corrected chi connectivity index (χ4v) is 3.62. The summed E-state index contributed by atoms with van der Waals surface area (Å²) in [5, 5.41) is 3.88. The Hall–Kier alpha value is -0.0800. The van der Waals surface area contributed by atoms with Crippen molar-refractivity contribution in [1.82, 2.24) is 10.2 Å². The van der Waals surface area contributed by atoms with Crippen LogP contribution < -0.4 is 5.32 Å². The van der Waals surface area contributed by atoms with E-state index in [0.717, 1.165) is 17.4 Å². The van der Waals surface area contributed by atoms with Crippen LogP contribution >= 0.6 is 0 Å². The minimum absolute atomic E-state index is 0.753. The van der Waals surface area contributed by atoms with Crippen LogP contribution in [0, 0.1) is 11.3 Å². The van der Waals surface area contributed by atoms with E-state index < -0.39 is 0 Å². The van der Waals surface area contributed by atoms with Gasteiger partial charge < -0.3 is 10.2 Å². The number of hydrogen-bond acceptors (Lipinski definition) is 2. The molecule has 0 amide bonds. The average Bonchev–Trinajstić information content (AvgIpc) is 3.03. The molecule has 0 spiro atoms. The van der Waals surface area contributed by atoms with Crippen molar-refractivity contribution in [2.45, 2.75) is 51.0 Å². The molecule has 3 aliphatic rings. The van der Waals surface area contributed by atoms with Gasteiger partial charge >= 0.3 is 0 Å². The number of rotatable bonds is 4. The minimum Gasteiger partial charge on any atom is -0.313 e. The number of likely N-dealkylation sites (tertiary alicyclic amines) is 1. The highest BCUT2D eigenvalue weighted by Crippen LogP contribution is 2.56. The van der Waals surface area contributed by atoms with Crippen LogP contribution in [-0.2, 0) is 0 Å². The predicted octanol–water partition coefficient (Wildman–Crippen LogP) is 2.25. The molecule has 1 heterocycles. The van der Waals surface area contributed by atoms with E-state index in [2.05, 4.69) is 17.3 Å². The van der Waals surface area contributed by atoms with Gasteiger partial charge in [-0.3, -0.25) is 0 Å². The smallest absolute Gasteiger partial charge is 0.00916 e. The first kappa shape index (κ1) is 11.0. The Morgan fingerprint density at radius 3 is 2.31 bits per heavy atom. The van der Waals surface area contributed by atoms with Gasteiger partial charge in [-0.1, -0.05) is 6.42 Å². The van der Waals surface area contributed by atoms with E-state index >= 15 is 0 Å². The highest BCUT2D eigenvalue weighted by molar-refractivity contribution is 5.01. The van der Waals surface area contributed by atoms with Crippen LogP contribution in [0.2, 0.25) is 0 Å². The molecule has 1 saturated heterocycles. The standard InChI is InChI=1S/C14H26N2/c1-16-9-5-13(6-10-16)15-11-14(7-2-8-14)12-3-4-12/h12-13,15H,2-11H2,1H3. The Balaban J connectivity index is 1.45. The summed E-state index contributed by atoms with van der Waals surface area (Å²) in [6, 6.07) is 0.812. The summed E-state index contributed by atoms with van der Waals surface area (Å²) in [5.41, 5.74) is 0.753. The first-order valence-electron chi connectivity index (χ1n) is 7.20. The normalized spacial score (nSPS) is 31.3. The van der Waals surface area contributed by atoms with Crippen molar-refractivity contribution in [3.05, 3.63) is 0 Å². The number of nitrogens with zero attached hydrogens (tertiary/aromatic N) is 1. The molecule has 2 saturated carbocycles. The molecule has 2 heteroatoms. The van der Waals surface area contributed by atoms with E-state index in [9.17, 15) is 0 Å². The molecule has 16 heavy (non-hydrogen) atoms. The van der Waals surface area contributed by atoms with Crippen LogP contribution in [0.3, 0.4) is 0 Å². The monoisotopic (exact) mass is 222 g/mol. The third kappa shape index (κ3) is 2.14. The highest BCUT2D eigenvalue weighted by atomic mass is 15.1. The summed E-state index contributed by atoms with van der Waals surface area (Å²) in [5.74, 6) is 1.10. The number of piperidine rings is 1. The van der Waals surface area contributed by atoms with Crippen LogP contribution in [0.5, 0.6) is 0 Å². The van der Waals surface area contributed by atoms with Gasteiger partial charge in [-0.15, -0.1) is 0 Å². The molecule has 0 radical (unpaired) electrons. The van der Waals surface area contributed by atoms with E-state index in [1.165, 1.54) is 64.6 Å². The topological polar surface area (TPSA) is 15.3 Å². The van der Waals surface area contributed by atoms with Gasteiger partial charge in [0.2, 0.25) is 0 Å². The van der Waals surface area contributed by atoms with Crippen molar-refractivity contribution < 1.29 is 0 Å². The molecule has 92 valence electrons. The number of hydrogen-bond donors (Lipinski definition) is 1. The van der Waals surface area contributed by atoms with Crippen LogP contribution in [0.4, 0.5) is 0 Å². The van der Waals surface area contributed by atoms with Gasteiger partial charge in [0.25, 0.3) is 0 Å². The minimum atomic E-state index is 0.753. The predicted molar refractivity (Wildman–Crippen MR) is 67.5 cm³/mol. The van der Waals surface area contributed by atoms with E-state index in [1.54, 1.807) is 0 Å². The van der Waals surface area contributed by atoms with Crippen molar-refractivity contribution in [3.8, 4) is 0 Å². The summed E-state index contributed by atoms with van der Waals surface area (Å²) in [7, 11) is 2.24. The molecule has 1 aliphatic heterocycles. The Morgan fingerprint density at radius 1 is 1.12 bits per heavy atom. The zero-order valence-electron chi connectivity index (χ0n) is 10.7. The number of nitrogens with one attached hydrogen (secondary N) is 1. The van der Waals surface area contributed by atoms with Gasteiger partial charge in [0.15, 0.2) is 0 Å². The van der Waals surface area contributed by atoms with Crippen molar-refractivity contribution >= 4 is 0 Å². The molecule has 0 atom stereocenters. The van der Waals surface area contributed by atoms with Crippen molar-refractivity contribution in [2.75, 3.05) is 26.7 Å². The molecule has 3 rings (SSSR count). The summed E-state index contributed by atoms with van der Waals surface area (Å²) in [6.45, 7) is 3.90. The summed E-state index contributed by atoms with van der Waals surface area (Å²) in [6.07, 6.45) is 10.3. The van der Waals surface area contributed by atoms with Gasteiger partial charge in [-0.25, -0.2) is 0 Å². The second-order valence-corrected chi connectivity index (χ2v) is 6.45. The molecule has 0 unspecified atom stereocenters. The Morgan fingerprint density at radius 2 is 1.81 bits per heavy atom. The Labute approximate surface area is 99.8 Å². The molecule has 0 bridgehead atoms. The fourth-order valence-electron chi connectivity index (χ4n) is 3.62. The zero-order chi connectivity index (χ0) is 11.0. The lowest BCUT2D eigenvalue weighted by atomic mass is 9.65. The van der Waals surface area contributed by atoms with Crippen LogP contribution in [0.25, 0.3) is 0 Å².